The molecule has 32 heavy (non-hydrogen) atoms. The van der Waals surface area contributed by atoms with Crippen molar-refractivity contribution in [3.63, 3.8) is 0 Å². The molecule has 0 bridgehead atoms. The van der Waals surface area contributed by atoms with Crippen LogP contribution in [0.2, 0.25) is 0 Å². The van der Waals surface area contributed by atoms with Gasteiger partial charge >= 0.3 is 6.18 Å². The molecule has 1 atom stereocenters. The van der Waals surface area contributed by atoms with Gasteiger partial charge in [0.1, 0.15) is 6.04 Å². The summed E-state index contributed by atoms with van der Waals surface area (Å²) in [5, 5.41) is 2.23. The maximum atomic E-state index is 13.3. The second kappa shape index (κ2) is 9.54. The van der Waals surface area contributed by atoms with E-state index in [0.717, 1.165) is 17.7 Å². The molecule has 0 aromatic heterocycles. The predicted octanol–water partition coefficient (Wildman–Crippen LogP) is 4.54. The minimum atomic E-state index is -4.68. The fraction of sp³-hybridized carbons (Fsp3) is 0.174. The van der Waals surface area contributed by atoms with Gasteiger partial charge < -0.3 is 5.32 Å². The summed E-state index contributed by atoms with van der Waals surface area (Å²) in [4.78, 5) is 12.9. The van der Waals surface area contributed by atoms with Gasteiger partial charge in [0.2, 0.25) is 15.9 Å². The van der Waals surface area contributed by atoms with E-state index >= 15 is 0 Å². The van der Waals surface area contributed by atoms with Gasteiger partial charge in [-0.05, 0) is 43.2 Å². The molecular weight excluding hydrogens is 441 g/mol. The summed E-state index contributed by atoms with van der Waals surface area (Å²) >= 11 is 0. The summed E-state index contributed by atoms with van der Waals surface area (Å²) in [6.45, 7) is 1.80. The van der Waals surface area contributed by atoms with Gasteiger partial charge in [-0.1, -0.05) is 60.2 Å². The smallest absolute Gasteiger partial charge is 0.324 e. The Bertz CT molecular complexity index is 1180. The third-order valence-corrected chi connectivity index (χ3v) is 6.21. The van der Waals surface area contributed by atoms with Crippen molar-refractivity contribution in [3.05, 3.63) is 95.6 Å². The molecule has 0 radical (unpaired) electrons. The number of anilines is 1. The van der Waals surface area contributed by atoms with E-state index < -0.39 is 39.4 Å². The van der Waals surface area contributed by atoms with Gasteiger partial charge in [0, 0.05) is 0 Å². The van der Waals surface area contributed by atoms with E-state index in [-0.39, 0.29) is 11.3 Å². The number of carbonyl (C=O) groups is 1. The summed E-state index contributed by atoms with van der Waals surface area (Å²) < 4.78 is 68.0. The highest BCUT2D eigenvalue weighted by atomic mass is 32.2. The molecule has 2 N–H and O–H groups in total. The van der Waals surface area contributed by atoms with E-state index in [9.17, 15) is 26.4 Å². The molecule has 0 saturated heterocycles. The Labute approximate surface area is 184 Å². The van der Waals surface area contributed by atoms with Crippen LogP contribution < -0.4 is 10.0 Å². The number of rotatable bonds is 7. The zero-order valence-electron chi connectivity index (χ0n) is 17.1. The largest absolute Gasteiger partial charge is 0.418 e. The Morgan fingerprint density at radius 2 is 1.50 bits per heavy atom. The van der Waals surface area contributed by atoms with Crippen LogP contribution in [0.4, 0.5) is 18.9 Å². The molecule has 168 valence electrons. The van der Waals surface area contributed by atoms with Crippen LogP contribution in [0.5, 0.6) is 0 Å². The molecule has 5 nitrogen and oxygen atoms in total. The van der Waals surface area contributed by atoms with Crippen molar-refractivity contribution in [3.8, 4) is 0 Å². The number of halogens is 3. The molecule has 3 rings (SSSR count). The quantitative estimate of drug-likeness (QED) is 0.541. The summed E-state index contributed by atoms with van der Waals surface area (Å²) in [6, 6.07) is 17.8. The molecule has 3 aromatic rings. The maximum Gasteiger partial charge on any atom is 0.418 e. The maximum absolute atomic E-state index is 13.3. The molecule has 3 aromatic carbocycles. The molecule has 9 heteroatoms. The van der Waals surface area contributed by atoms with Crippen LogP contribution in [0.1, 0.15) is 16.7 Å². The summed E-state index contributed by atoms with van der Waals surface area (Å²) in [5.74, 6) is -0.902. The van der Waals surface area contributed by atoms with Gasteiger partial charge in [-0.3, -0.25) is 4.79 Å². The number of carbonyl (C=O) groups excluding carboxylic acids is 1. The number of hydrogen-bond donors (Lipinski definition) is 2. The number of amides is 1. The monoisotopic (exact) mass is 462 g/mol. The van der Waals surface area contributed by atoms with Crippen LogP contribution >= 0.6 is 0 Å². The first-order valence-corrected chi connectivity index (χ1v) is 11.1. The highest BCUT2D eigenvalue weighted by molar-refractivity contribution is 7.89. The Balaban J connectivity index is 1.91. The topological polar surface area (TPSA) is 75.3 Å². The molecule has 0 aliphatic carbocycles. The number of sulfonamides is 1. The van der Waals surface area contributed by atoms with Gasteiger partial charge in [-0.2, -0.15) is 17.9 Å². The molecule has 0 aliphatic rings. The van der Waals surface area contributed by atoms with Crippen molar-refractivity contribution in [2.24, 2.45) is 0 Å². The van der Waals surface area contributed by atoms with Gasteiger partial charge in [-0.25, -0.2) is 8.42 Å². The third kappa shape index (κ3) is 5.95. The number of benzene rings is 3. The summed E-state index contributed by atoms with van der Waals surface area (Å²) in [6.07, 6.45) is -4.73. The van der Waals surface area contributed by atoms with Gasteiger partial charge in [0.05, 0.1) is 16.1 Å². The Morgan fingerprint density at radius 3 is 2.12 bits per heavy atom. The summed E-state index contributed by atoms with van der Waals surface area (Å²) in [7, 11) is -4.11. The average molecular weight is 462 g/mol. The van der Waals surface area contributed by atoms with Crippen LogP contribution in [-0.2, 0) is 27.4 Å². The molecule has 0 fully saturated rings. The zero-order chi connectivity index (χ0) is 23.4. The average Bonchev–Trinajstić information content (AvgIpc) is 2.74. The second-order valence-electron chi connectivity index (χ2n) is 7.21. The summed E-state index contributed by atoms with van der Waals surface area (Å²) in [5.41, 5.74) is 0.0282. The SMILES string of the molecule is Cc1ccc(S(=O)(=O)N[C@@H](Cc2ccccc2)C(=O)Nc2ccccc2C(F)(F)F)cc1. The second-order valence-corrected chi connectivity index (χ2v) is 8.92. The minimum Gasteiger partial charge on any atom is -0.324 e. The first-order valence-electron chi connectivity index (χ1n) is 9.66. The first kappa shape index (κ1) is 23.5. The van der Waals surface area contributed by atoms with E-state index in [1.807, 2.05) is 0 Å². The lowest BCUT2D eigenvalue weighted by molar-refractivity contribution is -0.137. The predicted molar refractivity (Wildman–Crippen MR) is 116 cm³/mol. The van der Waals surface area contributed by atoms with E-state index in [0.29, 0.717) is 5.56 Å². The van der Waals surface area contributed by atoms with Crippen molar-refractivity contribution in [2.45, 2.75) is 30.5 Å². The van der Waals surface area contributed by atoms with E-state index in [2.05, 4.69) is 10.0 Å². The number of alkyl halides is 3. The van der Waals surface area contributed by atoms with Crippen LogP contribution in [0.3, 0.4) is 0 Å². The van der Waals surface area contributed by atoms with Crippen molar-refractivity contribution < 1.29 is 26.4 Å². The lowest BCUT2D eigenvalue weighted by atomic mass is 10.1. The fourth-order valence-electron chi connectivity index (χ4n) is 3.07. The van der Waals surface area contributed by atoms with Crippen LogP contribution in [0.25, 0.3) is 0 Å². The lowest BCUT2D eigenvalue weighted by Crippen LogP contribution is -2.45. The van der Waals surface area contributed by atoms with Crippen LogP contribution in [0, 0.1) is 6.92 Å². The van der Waals surface area contributed by atoms with E-state index in [4.69, 9.17) is 0 Å². The molecule has 0 heterocycles. The van der Waals surface area contributed by atoms with Crippen molar-refractivity contribution in [1.82, 2.24) is 4.72 Å². The molecule has 1 amide bonds. The highest BCUT2D eigenvalue weighted by Crippen LogP contribution is 2.34. The zero-order valence-corrected chi connectivity index (χ0v) is 17.9. The number of para-hydroxylation sites is 1. The van der Waals surface area contributed by atoms with Gasteiger partial charge in [0.15, 0.2) is 0 Å². The highest BCUT2D eigenvalue weighted by Gasteiger charge is 2.34. The molecule has 0 aliphatic heterocycles. The van der Waals surface area contributed by atoms with Gasteiger partial charge in [0.25, 0.3) is 0 Å². The van der Waals surface area contributed by atoms with Crippen molar-refractivity contribution in [2.75, 3.05) is 5.32 Å². The molecule has 0 spiro atoms. The molecule has 0 saturated carbocycles. The number of aryl methyl sites for hydroxylation is 1. The molecular formula is C23H21F3N2O3S. The Morgan fingerprint density at radius 1 is 0.906 bits per heavy atom. The fourth-order valence-corrected chi connectivity index (χ4v) is 4.26. The minimum absolute atomic E-state index is 0.0497. The Hall–Kier alpha value is -3.17. The van der Waals surface area contributed by atoms with Crippen molar-refractivity contribution >= 4 is 21.6 Å². The van der Waals surface area contributed by atoms with E-state index in [1.54, 1.807) is 49.4 Å². The third-order valence-electron chi connectivity index (χ3n) is 4.72. The lowest BCUT2D eigenvalue weighted by Gasteiger charge is -2.20. The van der Waals surface area contributed by atoms with Crippen LogP contribution in [-0.4, -0.2) is 20.4 Å². The standard InChI is InChI=1S/C23H21F3N2O3S/c1-16-11-13-18(14-12-16)32(30,31)28-21(15-17-7-3-2-4-8-17)22(29)27-20-10-6-5-9-19(20)23(24,25)26/h2-14,21,28H,15H2,1H3,(H,27,29)/t21-/m0/s1. The Kier molecular flexibility index (Phi) is 7.00. The van der Waals surface area contributed by atoms with Crippen LogP contribution in [0.15, 0.2) is 83.8 Å². The van der Waals surface area contributed by atoms with E-state index in [1.165, 1.54) is 24.3 Å². The first-order chi connectivity index (χ1) is 15.1. The normalized spacial score (nSPS) is 12.9. The van der Waals surface area contributed by atoms with Gasteiger partial charge in [-0.15, -0.1) is 0 Å². The molecule has 0 unspecified atom stereocenters. The van der Waals surface area contributed by atoms with Crippen molar-refractivity contribution in [1.29, 1.82) is 0 Å². The number of hydrogen-bond acceptors (Lipinski definition) is 3. The number of nitrogens with one attached hydrogen (secondary N) is 2.